The number of aryl methyl sites for hydroxylation is 4. The molecule has 0 aliphatic rings. The zero-order valence-corrected chi connectivity index (χ0v) is 31.4. The Labute approximate surface area is 307 Å². The fourth-order valence-corrected chi connectivity index (χ4v) is 9.72. The Morgan fingerprint density at radius 3 is 1.17 bits per heavy atom. The number of rotatable bonds is 8. The summed E-state index contributed by atoms with van der Waals surface area (Å²) in [6, 6.07) is 14.8. The largest absolute Gasteiger partial charge is 0.416 e. The van der Waals surface area contributed by atoms with Gasteiger partial charge in [0, 0.05) is 35.0 Å². The molecule has 6 aromatic rings. The van der Waals surface area contributed by atoms with Crippen molar-refractivity contribution < 1.29 is 48.0 Å². The fourth-order valence-electron chi connectivity index (χ4n) is 6.83. The van der Waals surface area contributed by atoms with Gasteiger partial charge in [-0.3, -0.25) is 4.79 Å². The van der Waals surface area contributed by atoms with Crippen LogP contribution in [0.25, 0.3) is 21.8 Å². The molecule has 7 nitrogen and oxygen atoms in total. The van der Waals surface area contributed by atoms with Crippen LogP contribution in [0.1, 0.15) is 70.2 Å². The number of halogens is 6. The number of alkyl halides is 6. The fraction of sp³-hybridized carbons (Fsp3) is 0.256. The van der Waals surface area contributed by atoms with Gasteiger partial charge in [0.25, 0.3) is 20.0 Å². The lowest BCUT2D eigenvalue weighted by atomic mass is 9.85. The summed E-state index contributed by atoms with van der Waals surface area (Å²) in [6.07, 6.45) is -7.46. The molecular weight excluding hydrogens is 755 g/mol. The van der Waals surface area contributed by atoms with E-state index in [0.717, 1.165) is 55.7 Å². The Balaban J connectivity index is 1.56. The minimum Gasteiger partial charge on any atom is -0.298 e. The topological polar surface area (TPSA) is 95.2 Å². The van der Waals surface area contributed by atoms with E-state index in [0.29, 0.717) is 0 Å². The van der Waals surface area contributed by atoms with Crippen molar-refractivity contribution in [2.75, 3.05) is 0 Å². The third-order valence-corrected chi connectivity index (χ3v) is 13.1. The van der Waals surface area contributed by atoms with Crippen LogP contribution < -0.4 is 0 Å². The van der Waals surface area contributed by atoms with Crippen molar-refractivity contribution in [1.29, 1.82) is 0 Å². The second-order valence-corrected chi connectivity index (χ2v) is 17.2. The van der Waals surface area contributed by atoms with E-state index in [1.54, 1.807) is 38.1 Å². The molecule has 284 valence electrons. The Kier molecular flexibility index (Phi) is 9.45. The molecular formula is C39H34F6N2O5S2. The Hall–Kier alpha value is -4.89. The Morgan fingerprint density at radius 1 is 0.556 bits per heavy atom. The van der Waals surface area contributed by atoms with Gasteiger partial charge >= 0.3 is 12.4 Å². The zero-order chi connectivity index (χ0) is 39.9. The maximum atomic E-state index is 14.4. The first kappa shape index (κ1) is 38.8. The highest BCUT2D eigenvalue weighted by atomic mass is 32.2. The predicted molar refractivity (Wildman–Crippen MR) is 193 cm³/mol. The number of Topliss-reactive ketones (excluding diaryl/α,β-unsaturated/α-hetero) is 1. The first-order valence-electron chi connectivity index (χ1n) is 16.6. The van der Waals surface area contributed by atoms with Crippen LogP contribution in [-0.4, -0.2) is 30.6 Å². The van der Waals surface area contributed by atoms with Crippen LogP contribution in [0.4, 0.5) is 26.3 Å². The average molecular weight is 789 g/mol. The molecule has 0 aliphatic heterocycles. The van der Waals surface area contributed by atoms with Gasteiger partial charge in [0.05, 0.1) is 32.0 Å². The van der Waals surface area contributed by atoms with Crippen molar-refractivity contribution in [3.63, 3.8) is 0 Å². The molecule has 15 heteroatoms. The Morgan fingerprint density at radius 2 is 0.870 bits per heavy atom. The van der Waals surface area contributed by atoms with E-state index < -0.39 is 61.1 Å². The highest BCUT2D eigenvalue weighted by Crippen LogP contribution is 2.42. The quantitative estimate of drug-likeness (QED) is 0.143. The van der Waals surface area contributed by atoms with E-state index in [1.165, 1.54) is 52.0 Å². The number of carbonyl (C=O) groups excluding carboxylic acids is 1. The van der Waals surface area contributed by atoms with Crippen molar-refractivity contribution >= 4 is 47.6 Å². The van der Waals surface area contributed by atoms with Crippen molar-refractivity contribution in [2.45, 2.75) is 75.5 Å². The molecule has 6 rings (SSSR count). The molecule has 0 spiro atoms. The highest BCUT2D eigenvalue weighted by Gasteiger charge is 2.37. The summed E-state index contributed by atoms with van der Waals surface area (Å²) in [5.41, 5.74) is -1.02. The van der Waals surface area contributed by atoms with Crippen molar-refractivity contribution in [2.24, 2.45) is 0 Å². The summed E-state index contributed by atoms with van der Waals surface area (Å²) in [4.78, 5) is 14.1. The van der Waals surface area contributed by atoms with Gasteiger partial charge in [-0.05, 0) is 98.5 Å². The second kappa shape index (κ2) is 13.1. The first-order valence-corrected chi connectivity index (χ1v) is 19.5. The minimum absolute atomic E-state index is 0.0333. The standard InChI is InChI=1S/C39H34F6N2O5S2/c1-21-7-11-29(12-8-21)53(49,50)46-19-33(31-17-27(38(40,41)42)15-23(3)35(31)46)25(5)37(48)26(6)34-20-47(54(51,52)30-13-9-22(2)10-14-30)36-24(4)16-28(18-32(34)36)39(43,44)45/h7-20,25-26H,1-6H3. The molecule has 2 aromatic heterocycles. The smallest absolute Gasteiger partial charge is 0.298 e. The normalized spacial score (nSPS) is 14.1. The van der Waals surface area contributed by atoms with Gasteiger partial charge in [-0.15, -0.1) is 0 Å². The molecule has 0 aliphatic carbocycles. The van der Waals surface area contributed by atoms with E-state index in [1.807, 2.05) is 0 Å². The number of carbonyl (C=O) groups is 1. The van der Waals surface area contributed by atoms with Crippen molar-refractivity contribution in [1.82, 2.24) is 7.94 Å². The van der Waals surface area contributed by atoms with Gasteiger partial charge < -0.3 is 0 Å². The number of aromatic nitrogens is 2. The predicted octanol–water partition coefficient (Wildman–Crippen LogP) is 9.82. The lowest BCUT2D eigenvalue weighted by Gasteiger charge is -2.17. The number of ketones is 1. The number of hydrogen-bond acceptors (Lipinski definition) is 5. The molecule has 0 N–H and O–H groups in total. The molecule has 2 atom stereocenters. The second-order valence-electron chi connectivity index (χ2n) is 13.6. The summed E-state index contributed by atoms with van der Waals surface area (Å²) in [6.45, 7) is 8.86. The van der Waals surface area contributed by atoms with Gasteiger partial charge in [0.15, 0.2) is 0 Å². The van der Waals surface area contributed by atoms with Crippen LogP contribution in [0.15, 0.2) is 95.0 Å². The molecule has 2 heterocycles. The third-order valence-electron chi connectivity index (χ3n) is 9.77. The van der Waals surface area contributed by atoms with E-state index in [-0.39, 0.29) is 53.9 Å². The van der Waals surface area contributed by atoms with Crippen molar-refractivity contribution in [3.8, 4) is 0 Å². The van der Waals surface area contributed by atoms with Crippen LogP contribution in [0.5, 0.6) is 0 Å². The van der Waals surface area contributed by atoms with E-state index in [9.17, 15) is 48.0 Å². The minimum atomic E-state index is -4.83. The molecule has 0 bridgehead atoms. The number of fused-ring (bicyclic) bond motifs is 2. The first-order chi connectivity index (χ1) is 24.9. The summed E-state index contributed by atoms with van der Waals surface area (Å²) in [7, 11) is -8.82. The summed E-state index contributed by atoms with van der Waals surface area (Å²) >= 11 is 0. The number of benzene rings is 4. The molecule has 0 saturated carbocycles. The molecule has 0 amide bonds. The van der Waals surface area contributed by atoms with Crippen LogP contribution in [-0.2, 0) is 37.2 Å². The molecule has 4 aromatic carbocycles. The summed E-state index contributed by atoms with van der Waals surface area (Å²) < 4.78 is 142. The SMILES string of the molecule is Cc1ccc(S(=O)(=O)n2cc(C(C)C(=O)C(C)c3cn(S(=O)(=O)c4ccc(C)cc4)c4c(C)cc(C(F)(F)F)cc34)c3cc(C(F)(F)F)cc(C)c32)cc1. The summed E-state index contributed by atoms with van der Waals surface area (Å²) in [5, 5.41) is -0.323. The van der Waals surface area contributed by atoms with E-state index in [2.05, 4.69) is 0 Å². The Bertz CT molecular complexity index is 2510. The van der Waals surface area contributed by atoms with E-state index >= 15 is 0 Å². The maximum absolute atomic E-state index is 14.4. The molecule has 0 fully saturated rings. The zero-order valence-electron chi connectivity index (χ0n) is 29.8. The van der Waals surface area contributed by atoms with Gasteiger partial charge in [-0.2, -0.15) is 26.3 Å². The molecule has 54 heavy (non-hydrogen) atoms. The van der Waals surface area contributed by atoms with E-state index in [4.69, 9.17) is 0 Å². The van der Waals surface area contributed by atoms with Crippen LogP contribution >= 0.6 is 0 Å². The molecule has 0 radical (unpaired) electrons. The van der Waals surface area contributed by atoms with Crippen LogP contribution in [0, 0.1) is 27.7 Å². The number of nitrogens with zero attached hydrogens (tertiary/aromatic N) is 2. The van der Waals surface area contributed by atoms with Gasteiger partial charge in [-0.1, -0.05) is 49.2 Å². The number of hydrogen-bond donors (Lipinski definition) is 0. The van der Waals surface area contributed by atoms with Gasteiger partial charge in [0.1, 0.15) is 5.78 Å². The van der Waals surface area contributed by atoms with Gasteiger partial charge in [0.2, 0.25) is 0 Å². The lowest BCUT2D eigenvalue weighted by molar-refractivity contribution is -0.138. The summed E-state index contributed by atoms with van der Waals surface area (Å²) in [5.74, 6) is -3.35. The van der Waals surface area contributed by atoms with Gasteiger partial charge in [-0.25, -0.2) is 24.8 Å². The average Bonchev–Trinajstić information content (AvgIpc) is 3.68. The van der Waals surface area contributed by atoms with Crippen LogP contribution in [0.3, 0.4) is 0 Å². The monoisotopic (exact) mass is 788 g/mol. The maximum Gasteiger partial charge on any atom is 0.416 e. The molecule has 2 unspecified atom stereocenters. The van der Waals surface area contributed by atoms with Crippen LogP contribution in [0.2, 0.25) is 0 Å². The van der Waals surface area contributed by atoms with Crippen molar-refractivity contribution in [3.05, 3.63) is 130 Å². The highest BCUT2D eigenvalue weighted by molar-refractivity contribution is 7.90. The molecule has 0 saturated heterocycles. The lowest BCUT2D eigenvalue weighted by Crippen LogP contribution is -2.17. The third kappa shape index (κ3) is 6.61.